The van der Waals surface area contributed by atoms with Crippen LogP contribution in [0.15, 0.2) is 90.0 Å². The van der Waals surface area contributed by atoms with Gasteiger partial charge in [0.2, 0.25) is 0 Å². The zero-order chi connectivity index (χ0) is 20.2. The summed E-state index contributed by atoms with van der Waals surface area (Å²) in [6, 6.07) is 26.5. The molecule has 5 heteroatoms. The molecular weight excluding hydrogens is 382 g/mol. The van der Waals surface area contributed by atoms with Crippen molar-refractivity contribution in [3.8, 4) is 11.3 Å². The predicted molar refractivity (Wildman–Crippen MR) is 118 cm³/mol. The van der Waals surface area contributed by atoms with E-state index in [1.54, 1.807) is 18.2 Å². The van der Waals surface area contributed by atoms with Gasteiger partial charge in [0, 0.05) is 16.0 Å². The molecule has 1 N–H and O–H groups in total. The maximum Gasteiger partial charge on any atom is 0.272 e. The number of carbonyl (C=O) groups excluding carboxylic acids is 1. The number of nitrogens with one attached hydrogen (secondary N) is 1. The van der Waals surface area contributed by atoms with Crippen LogP contribution in [0.2, 0.25) is 5.02 Å². The van der Waals surface area contributed by atoms with E-state index in [9.17, 15) is 4.79 Å². The fraction of sp³-hybridized carbons (Fsp3) is 0.0417. The van der Waals surface area contributed by atoms with Gasteiger partial charge in [-0.1, -0.05) is 72.3 Å². The Labute approximate surface area is 173 Å². The van der Waals surface area contributed by atoms with Crippen LogP contribution in [0.4, 0.5) is 0 Å². The fourth-order valence-corrected chi connectivity index (χ4v) is 3.20. The second-order valence-electron chi connectivity index (χ2n) is 6.58. The van der Waals surface area contributed by atoms with Crippen LogP contribution < -0.4 is 5.43 Å². The normalized spacial score (nSPS) is 11.4. The van der Waals surface area contributed by atoms with Crippen LogP contribution in [0.1, 0.15) is 22.8 Å². The summed E-state index contributed by atoms with van der Waals surface area (Å²) in [5.74, 6) is -0.283. The van der Waals surface area contributed by atoms with E-state index >= 15 is 0 Å². The van der Waals surface area contributed by atoms with E-state index in [-0.39, 0.29) is 5.91 Å². The SMILES string of the molecule is C/C(=N\NC(=O)c1cc(-c2ccccc2)nc2ccccc12)c1ccc(Cl)cc1. The van der Waals surface area contributed by atoms with Crippen molar-refractivity contribution < 1.29 is 4.79 Å². The minimum Gasteiger partial charge on any atom is -0.267 e. The third kappa shape index (κ3) is 4.18. The molecule has 0 aliphatic heterocycles. The Hall–Kier alpha value is -3.50. The second-order valence-corrected chi connectivity index (χ2v) is 7.02. The molecule has 4 rings (SSSR count). The molecule has 1 amide bonds. The fourth-order valence-electron chi connectivity index (χ4n) is 3.07. The molecule has 3 aromatic carbocycles. The summed E-state index contributed by atoms with van der Waals surface area (Å²) in [6.45, 7) is 1.84. The standard InChI is InChI=1S/C24H18ClN3O/c1-16(17-11-13-19(25)14-12-17)27-28-24(29)21-15-23(18-7-3-2-4-8-18)26-22-10-6-5-9-20(21)22/h2-15H,1H3,(H,28,29)/b27-16+. The van der Waals surface area contributed by atoms with Crippen molar-refractivity contribution >= 4 is 34.1 Å². The minimum absolute atomic E-state index is 0.283. The van der Waals surface area contributed by atoms with Crippen molar-refractivity contribution in [1.29, 1.82) is 0 Å². The molecule has 0 fully saturated rings. The highest BCUT2D eigenvalue weighted by Crippen LogP contribution is 2.24. The number of halogens is 1. The lowest BCUT2D eigenvalue weighted by Gasteiger charge is -2.09. The Bertz CT molecular complexity index is 1200. The molecule has 29 heavy (non-hydrogen) atoms. The molecule has 142 valence electrons. The first kappa shape index (κ1) is 18.8. The van der Waals surface area contributed by atoms with Crippen molar-refractivity contribution in [3.63, 3.8) is 0 Å². The number of para-hydroxylation sites is 1. The summed E-state index contributed by atoms with van der Waals surface area (Å²) in [6.07, 6.45) is 0. The lowest BCUT2D eigenvalue weighted by atomic mass is 10.0. The molecule has 0 radical (unpaired) electrons. The quantitative estimate of drug-likeness (QED) is 0.353. The van der Waals surface area contributed by atoms with Crippen LogP contribution in [0, 0.1) is 0 Å². The molecule has 1 aromatic heterocycles. The molecule has 0 bridgehead atoms. The number of rotatable bonds is 4. The Morgan fingerprint density at radius 2 is 1.62 bits per heavy atom. The highest BCUT2D eigenvalue weighted by molar-refractivity contribution is 6.30. The maximum atomic E-state index is 13.0. The van der Waals surface area contributed by atoms with Crippen LogP contribution in [-0.4, -0.2) is 16.6 Å². The molecule has 0 saturated carbocycles. The van der Waals surface area contributed by atoms with Crippen LogP contribution >= 0.6 is 11.6 Å². The van der Waals surface area contributed by atoms with E-state index in [1.807, 2.05) is 73.7 Å². The van der Waals surface area contributed by atoms with E-state index in [1.165, 1.54) is 0 Å². The van der Waals surface area contributed by atoms with Gasteiger partial charge in [0.15, 0.2) is 0 Å². The third-order valence-corrected chi connectivity index (χ3v) is 4.87. The first-order chi connectivity index (χ1) is 14.1. The van der Waals surface area contributed by atoms with Gasteiger partial charge in [-0.2, -0.15) is 5.10 Å². The Kier molecular flexibility index (Phi) is 5.36. The van der Waals surface area contributed by atoms with E-state index in [0.29, 0.717) is 16.3 Å². The summed E-state index contributed by atoms with van der Waals surface area (Å²) < 4.78 is 0. The smallest absolute Gasteiger partial charge is 0.267 e. The lowest BCUT2D eigenvalue weighted by molar-refractivity contribution is 0.0956. The number of amides is 1. The van der Waals surface area contributed by atoms with Gasteiger partial charge in [-0.25, -0.2) is 10.4 Å². The molecule has 0 unspecified atom stereocenters. The Morgan fingerprint density at radius 1 is 0.931 bits per heavy atom. The monoisotopic (exact) mass is 399 g/mol. The van der Waals surface area contributed by atoms with Crippen molar-refractivity contribution in [2.24, 2.45) is 5.10 Å². The molecule has 0 saturated heterocycles. The van der Waals surface area contributed by atoms with Gasteiger partial charge in [0.1, 0.15) is 0 Å². The molecule has 1 heterocycles. The van der Waals surface area contributed by atoms with E-state index in [0.717, 1.165) is 27.7 Å². The molecule has 0 atom stereocenters. The third-order valence-electron chi connectivity index (χ3n) is 4.62. The molecular formula is C24H18ClN3O. The number of hydrogen-bond donors (Lipinski definition) is 1. The second kappa shape index (κ2) is 8.25. The number of benzene rings is 3. The van der Waals surface area contributed by atoms with Gasteiger partial charge in [-0.05, 0) is 36.8 Å². The molecule has 0 aliphatic carbocycles. The molecule has 0 spiro atoms. The number of pyridine rings is 1. The van der Waals surface area contributed by atoms with Crippen molar-refractivity contribution in [2.45, 2.75) is 6.92 Å². The number of hydrogen-bond acceptors (Lipinski definition) is 3. The van der Waals surface area contributed by atoms with E-state index < -0.39 is 0 Å². The Balaban J connectivity index is 1.69. The number of fused-ring (bicyclic) bond motifs is 1. The van der Waals surface area contributed by atoms with Crippen LogP contribution in [0.5, 0.6) is 0 Å². The average molecular weight is 400 g/mol. The van der Waals surface area contributed by atoms with Crippen molar-refractivity contribution in [2.75, 3.05) is 0 Å². The highest BCUT2D eigenvalue weighted by Gasteiger charge is 2.13. The topological polar surface area (TPSA) is 54.4 Å². The number of nitrogens with zero attached hydrogens (tertiary/aromatic N) is 2. The molecule has 4 aromatic rings. The predicted octanol–water partition coefficient (Wildman–Crippen LogP) is 5.71. The van der Waals surface area contributed by atoms with Gasteiger partial charge in [-0.3, -0.25) is 4.79 Å². The summed E-state index contributed by atoms with van der Waals surface area (Å²) in [5.41, 5.74) is 7.24. The van der Waals surface area contributed by atoms with Crippen LogP contribution in [-0.2, 0) is 0 Å². The summed E-state index contributed by atoms with van der Waals surface area (Å²) >= 11 is 5.93. The van der Waals surface area contributed by atoms with Gasteiger partial charge in [0.25, 0.3) is 5.91 Å². The van der Waals surface area contributed by atoms with Crippen molar-refractivity contribution in [3.05, 3.63) is 101 Å². The highest BCUT2D eigenvalue weighted by atomic mass is 35.5. The number of carbonyl (C=O) groups is 1. The first-order valence-corrected chi connectivity index (χ1v) is 9.55. The zero-order valence-corrected chi connectivity index (χ0v) is 16.5. The molecule has 4 nitrogen and oxygen atoms in total. The zero-order valence-electron chi connectivity index (χ0n) is 15.8. The van der Waals surface area contributed by atoms with E-state index in [2.05, 4.69) is 10.5 Å². The van der Waals surface area contributed by atoms with Gasteiger partial charge in [-0.15, -0.1) is 0 Å². The number of aromatic nitrogens is 1. The van der Waals surface area contributed by atoms with Crippen LogP contribution in [0.3, 0.4) is 0 Å². The van der Waals surface area contributed by atoms with E-state index in [4.69, 9.17) is 16.6 Å². The summed E-state index contributed by atoms with van der Waals surface area (Å²) in [4.78, 5) is 17.7. The van der Waals surface area contributed by atoms with Gasteiger partial charge in [0.05, 0.1) is 22.5 Å². The number of hydrazone groups is 1. The summed E-state index contributed by atoms with van der Waals surface area (Å²) in [5, 5.41) is 5.70. The van der Waals surface area contributed by atoms with Crippen molar-refractivity contribution in [1.82, 2.24) is 10.4 Å². The van der Waals surface area contributed by atoms with Gasteiger partial charge >= 0.3 is 0 Å². The average Bonchev–Trinajstić information content (AvgIpc) is 2.77. The maximum absolute atomic E-state index is 13.0. The first-order valence-electron chi connectivity index (χ1n) is 9.17. The largest absolute Gasteiger partial charge is 0.272 e. The van der Waals surface area contributed by atoms with Crippen LogP contribution in [0.25, 0.3) is 22.2 Å². The minimum atomic E-state index is -0.283. The Morgan fingerprint density at radius 3 is 2.38 bits per heavy atom. The van der Waals surface area contributed by atoms with Gasteiger partial charge < -0.3 is 0 Å². The lowest BCUT2D eigenvalue weighted by Crippen LogP contribution is -2.20. The molecule has 0 aliphatic rings. The summed E-state index contributed by atoms with van der Waals surface area (Å²) in [7, 11) is 0.